The van der Waals surface area contributed by atoms with Gasteiger partial charge < -0.3 is 11.1 Å². The molecule has 0 fully saturated rings. The van der Waals surface area contributed by atoms with Crippen LogP contribution in [-0.2, 0) is 6.42 Å². The summed E-state index contributed by atoms with van der Waals surface area (Å²) >= 11 is 0. The van der Waals surface area contributed by atoms with E-state index in [0.29, 0.717) is 23.5 Å². The number of aromatic amines is 2. The van der Waals surface area contributed by atoms with Crippen LogP contribution in [-0.4, -0.2) is 32.3 Å². The van der Waals surface area contributed by atoms with Gasteiger partial charge in [-0.25, -0.2) is 0 Å². The molecule has 0 bridgehead atoms. The van der Waals surface area contributed by atoms with Crippen LogP contribution in [0.2, 0.25) is 0 Å². The van der Waals surface area contributed by atoms with Crippen LogP contribution in [0.1, 0.15) is 28.8 Å². The Kier molecular flexibility index (Phi) is 4.33. The predicted octanol–water partition coefficient (Wildman–Crippen LogP) is 2.05. The van der Waals surface area contributed by atoms with E-state index in [1.54, 1.807) is 0 Å². The van der Waals surface area contributed by atoms with E-state index < -0.39 is 0 Å². The lowest BCUT2D eigenvalue weighted by Crippen LogP contribution is -2.34. The van der Waals surface area contributed by atoms with Gasteiger partial charge in [0.15, 0.2) is 5.82 Å². The Morgan fingerprint density at radius 3 is 2.67 bits per heavy atom. The molecule has 0 aliphatic carbocycles. The number of amides is 1. The van der Waals surface area contributed by atoms with Crippen LogP contribution in [0.3, 0.4) is 0 Å². The molecule has 0 aliphatic heterocycles. The van der Waals surface area contributed by atoms with Crippen LogP contribution >= 0.6 is 0 Å². The third-order valence-corrected chi connectivity index (χ3v) is 3.74. The van der Waals surface area contributed by atoms with Crippen molar-refractivity contribution in [1.29, 1.82) is 0 Å². The van der Waals surface area contributed by atoms with E-state index in [-0.39, 0.29) is 11.9 Å². The molecule has 3 aromatic rings. The van der Waals surface area contributed by atoms with Crippen molar-refractivity contribution in [2.75, 3.05) is 5.73 Å². The van der Waals surface area contributed by atoms with Crippen molar-refractivity contribution in [3.63, 3.8) is 0 Å². The summed E-state index contributed by atoms with van der Waals surface area (Å²) in [7, 11) is 0. The molecule has 0 aliphatic rings. The smallest absolute Gasteiger partial charge is 0.270 e. The molecule has 5 N–H and O–H groups in total. The zero-order valence-electron chi connectivity index (χ0n) is 13.6. The van der Waals surface area contributed by atoms with Gasteiger partial charge in [0.2, 0.25) is 0 Å². The van der Waals surface area contributed by atoms with Gasteiger partial charge in [0.1, 0.15) is 5.69 Å². The van der Waals surface area contributed by atoms with Gasteiger partial charge in [0, 0.05) is 18.2 Å². The lowest BCUT2D eigenvalue weighted by atomic mass is 10.0. The van der Waals surface area contributed by atoms with E-state index in [4.69, 9.17) is 5.73 Å². The third kappa shape index (κ3) is 3.29. The maximum atomic E-state index is 12.6. The maximum absolute atomic E-state index is 12.6. The summed E-state index contributed by atoms with van der Waals surface area (Å²) in [4.78, 5) is 12.6. The minimum Gasteiger partial charge on any atom is -0.382 e. The Morgan fingerprint density at radius 1 is 1.25 bits per heavy atom. The van der Waals surface area contributed by atoms with Gasteiger partial charge in [-0.3, -0.25) is 15.0 Å². The number of hydrogen-bond donors (Lipinski definition) is 4. The molecule has 2 heterocycles. The molecule has 1 atom stereocenters. The van der Waals surface area contributed by atoms with Gasteiger partial charge in [-0.1, -0.05) is 30.3 Å². The van der Waals surface area contributed by atoms with Crippen LogP contribution in [0, 0.1) is 6.92 Å². The average Bonchev–Trinajstić information content (AvgIpc) is 3.13. The molecule has 3 rings (SSSR count). The molecule has 0 spiro atoms. The fourth-order valence-electron chi connectivity index (χ4n) is 2.66. The van der Waals surface area contributed by atoms with Crippen molar-refractivity contribution in [3.8, 4) is 11.1 Å². The summed E-state index contributed by atoms with van der Waals surface area (Å²) in [5.41, 5.74) is 9.68. The molecule has 7 nitrogen and oxygen atoms in total. The highest BCUT2D eigenvalue weighted by molar-refractivity contribution is 6.01. The Bertz CT molecular complexity index is 836. The lowest BCUT2D eigenvalue weighted by molar-refractivity contribution is 0.0935. The third-order valence-electron chi connectivity index (χ3n) is 3.74. The highest BCUT2D eigenvalue weighted by atomic mass is 16.2. The zero-order valence-corrected chi connectivity index (χ0v) is 13.6. The van der Waals surface area contributed by atoms with Gasteiger partial charge >= 0.3 is 0 Å². The summed E-state index contributed by atoms with van der Waals surface area (Å²) in [6, 6.07) is 11.4. The second kappa shape index (κ2) is 6.57. The number of carbonyl (C=O) groups excluding carboxylic acids is 1. The van der Waals surface area contributed by atoms with E-state index >= 15 is 0 Å². The standard InChI is InChI=1S/C17H20N6O/c1-10(8-13-9-11(2)20-21-13)19-17(24)15-14(16(18)23-22-15)12-6-4-3-5-7-12/h3-7,9-10H,8H2,1-2H3,(H,19,24)(H,20,21)(H3,18,22,23)/t10-/m0/s1. The monoisotopic (exact) mass is 324 g/mol. The van der Waals surface area contributed by atoms with Gasteiger partial charge in [0.25, 0.3) is 5.91 Å². The van der Waals surface area contributed by atoms with Crippen molar-refractivity contribution < 1.29 is 4.79 Å². The first-order valence-electron chi connectivity index (χ1n) is 7.75. The number of carbonyl (C=O) groups is 1. The van der Waals surface area contributed by atoms with Crippen LogP contribution in [0.15, 0.2) is 36.4 Å². The highest BCUT2D eigenvalue weighted by Crippen LogP contribution is 2.27. The van der Waals surface area contributed by atoms with Crippen molar-refractivity contribution in [2.24, 2.45) is 0 Å². The maximum Gasteiger partial charge on any atom is 0.270 e. The van der Waals surface area contributed by atoms with Gasteiger partial charge in [-0.05, 0) is 25.5 Å². The molecule has 0 unspecified atom stereocenters. The Morgan fingerprint density at radius 2 is 2.00 bits per heavy atom. The van der Waals surface area contributed by atoms with Crippen molar-refractivity contribution >= 4 is 11.7 Å². The second-order valence-electron chi connectivity index (χ2n) is 5.85. The number of benzene rings is 1. The normalized spacial score (nSPS) is 12.1. The molecule has 0 saturated heterocycles. The summed E-state index contributed by atoms with van der Waals surface area (Å²) in [5, 5.41) is 16.8. The number of rotatable bonds is 5. The van der Waals surface area contributed by atoms with Crippen molar-refractivity contribution in [2.45, 2.75) is 26.3 Å². The number of nitrogens with one attached hydrogen (secondary N) is 3. The van der Waals surface area contributed by atoms with Crippen LogP contribution in [0.4, 0.5) is 5.82 Å². The first-order chi connectivity index (χ1) is 11.5. The van der Waals surface area contributed by atoms with Crippen LogP contribution in [0.5, 0.6) is 0 Å². The van der Waals surface area contributed by atoms with Gasteiger partial charge in [-0.2, -0.15) is 10.2 Å². The largest absolute Gasteiger partial charge is 0.382 e. The fraction of sp³-hybridized carbons (Fsp3) is 0.235. The summed E-state index contributed by atoms with van der Waals surface area (Å²) in [6.45, 7) is 3.88. The molecule has 0 saturated carbocycles. The molecule has 7 heteroatoms. The minimum absolute atomic E-state index is 0.0756. The number of aromatic nitrogens is 4. The van der Waals surface area contributed by atoms with E-state index in [1.807, 2.05) is 50.2 Å². The lowest BCUT2D eigenvalue weighted by Gasteiger charge is -2.12. The SMILES string of the molecule is Cc1cc(C[C@H](C)NC(=O)c2[nH]nc(N)c2-c2ccccc2)n[nH]1. The first-order valence-corrected chi connectivity index (χ1v) is 7.75. The fourth-order valence-corrected chi connectivity index (χ4v) is 2.66. The average molecular weight is 324 g/mol. The predicted molar refractivity (Wildman–Crippen MR) is 92.4 cm³/mol. The zero-order chi connectivity index (χ0) is 17.1. The number of anilines is 1. The Labute approximate surface area is 139 Å². The van der Waals surface area contributed by atoms with E-state index in [9.17, 15) is 4.79 Å². The van der Waals surface area contributed by atoms with Crippen LogP contribution < -0.4 is 11.1 Å². The highest BCUT2D eigenvalue weighted by Gasteiger charge is 2.20. The summed E-state index contributed by atoms with van der Waals surface area (Å²) in [5.74, 6) is 0.0692. The summed E-state index contributed by atoms with van der Waals surface area (Å²) < 4.78 is 0. The molecule has 1 amide bonds. The molecular formula is C17H20N6O. The first kappa shape index (κ1) is 15.8. The number of H-pyrrole nitrogens is 2. The van der Waals surface area contributed by atoms with E-state index in [2.05, 4.69) is 25.7 Å². The molecular weight excluding hydrogens is 304 g/mol. The number of nitrogens with zero attached hydrogens (tertiary/aromatic N) is 2. The minimum atomic E-state index is -0.238. The Balaban J connectivity index is 1.76. The van der Waals surface area contributed by atoms with Gasteiger partial charge in [0.05, 0.1) is 11.3 Å². The van der Waals surface area contributed by atoms with Crippen molar-refractivity contribution in [3.05, 3.63) is 53.5 Å². The quantitative estimate of drug-likeness (QED) is 0.575. The van der Waals surface area contributed by atoms with Crippen molar-refractivity contribution in [1.82, 2.24) is 25.7 Å². The summed E-state index contributed by atoms with van der Waals surface area (Å²) in [6.07, 6.45) is 0.639. The molecule has 0 radical (unpaired) electrons. The molecule has 124 valence electrons. The topological polar surface area (TPSA) is 112 Å². The Hall–Kier alpha value is -3.09. The van der Waals surface area contributed by atoms with Crippen LogP contribution in [0.25, 0.3) is 11.1 Å². The molecule has 24 heavy (non-hydrogen) atoms. The van der Waals surface area contributed by atoms with E-state index in [0.717, 1.165) is 17.0 Å². The molecule has 2 aromatic heterocycles. The number of nitrogen functional groups attached to an aromatic ring is 1. The van der Waals surface area contributed by atoms with Gasteiger partial charge in [-0.15, -0.1) is 0 Å². The second-order valence-corrected chi connectivity index (χ2v) is 5.85. The number of nitrogens with two attached hydrogens (primary N) is 1. The number of hydrogen-bond acceptors (Lipinski definition) is 4. The molecule has 1 aromatic carbocycles. The number of aryl methyl sites for hydroxylation is 1. The van der Waals surface area contributed by atoms with E-state index in [1.165, 1.54) is 0 Å².